The quantitative estimate of drug-likeness (QED) is 0.579. The molecule has 0 rings (SSSR count). The summed E-state index contributed by atoms with van der Waals surface area (Å²) in [5, 5.41) is 10.4. The van der Waals surface area contributed by atoms with Gasteiger partial charge in [-0.1, -0.05) is 40.7 Å². The summed E-state index contributed by atoms with van der Waals surface area (Å²) in [6.45, 7) is 21.1. The van der Waals surface area contributed by atoms with Crippen molar-refractivity contribution in [1.82, 2.24) is 0 Å². The van der Waals surface area contributed by atoms with Crippen molar-refractivity contribution in [3.8, 4) is 0 Å². The molecule has 0 spiro atoms. The summed E-state index contributed by atoms with van der Waals surface area (Å²) in [5.74, 6) is 0.220. The van der Waals surface area contributed by atoms with E-state index in [4.69, 9.17) is 4.43 Å². The number of hydrogen-bond acceptors (Lipinski definition) is 2. The second-order valence-electron chi connectivity index (χ2n) is 7.03. The van der Waals surface area contributed by atoms with E-state index in [9.17, 15) is 5.11 Å². The molecule has 0 aromatic heterocycles. The molecule has 0 aliphatic rings. The van der Waals surface area contributed by atoms with Crippen LogP contribution in [0.25, 0.3) is 0 Å². The van der Waals surface area contributed by atoms with Crippen molar-refractivity contribution in [2.75, 3.05) is 0 Å². The minimum Gasteiger partial charge on any atom is -0.414 e. The number of rotatable bonds is 6. The van der Waals surface area contributed by atoms with E-state index in [2.05, 4.69) is 54.3 Å². The standard InChI is InChI=1S/C15H32O2Si/c1-10-11(2)14(16)12(3)13(4)17-18(8,9)15(5,6)7/h10-14,16H,1H2,2-9H3/t11-,12-,13-,14+/m0/s1. The predicted molar refractivity (Wildman–Crippen MR) is 82.3 cm³/mol. The van der Waals surface area contributed by atoms with Crippen LogP contribution < -0.4 is 0 Å². The zero-order chi connectivity index (χ0) is 14.7. The molecule has 0 fully saturated rings. The molecule has 108 valence electrons. The Bertz CT molecular complexity index is 268. The molecule has 0 unspecified atom stereocenters. The second kappa shape index (κ2) is 6.35. The van der Waals surface area contributed by atoms with Crippen LogP contribution in [0.2, 0.25) is 18.1 Å². The van der Waals surface area contributed by atoms with Gasteiger partial charge in [-0.3, -0.25) is 0 Å². The van der Waals surface area contributed by atoms with Gasteiger partial charge in [0.15, 0.2) is 8.32 Å². The Morgan fingerprint density at radius 1 is 1.17 bits per heavy atom. The van der Waals surface area contributed by atoms with Crippen LogP contribution in [0.3, 0.4) is 0 Å². The Balaban J connectivity index is 4.68. The van der Waals surface area contributed by atoms with Crippen molar-refractivity contribution in [2.24, 2.45) is 11.8 Å². The minimum atomic E-state index is -1.76. The Kier molecular flexibility index (Phi) is 6.31. The molecule has 3 heteroatoms. The summed E-state index contributed by atoms with van der Waals surface area (Å²) in [4.78, 5) is 0. The Labute approximate surface area is 115 Å². The van der Waals surface area contributed by atoms with Gasteiger partial charge in [0.2, 0.25) is 0 Å². The summed E-state index contributed by atoms with van der Waals surface area (Å²) >= 11 is 0. The van der Waals surface area contributed by atoms with Gasteiger partial charge in [-0.15, -0.1) is 6.58 Å². The van der Waals surface area contributed by atoms with E-state index in [0.29, 0.717) is 0 Å². The van der Waals surface area contributed by atoms with Crippen LogP contribution in [0.4, 0.5) is 0 Å². The van der Waals surface area contributed by atoms with Gasteiger partial charge in [0.25, 0.3) is 0 Å². The van der Waals surface area contributed by atoms with E-state index in [1.54, 1.807) is 6.08 Å². The summed E-state index contributed by atoms with van der Waals surface area (Å²) in [5.41, 5.74) is 0. The zero-order valence-corrected chi connectivity index (χ0v) is 14.4. The summed E-state index contributed by atoms with van der Waals surface area (Å²) in [6.07, 6.45) is 1.49. The molecule has 2 nitrogen and oxygen atoms in total. The zero-order valence-electron chi connectivity index (χ0n) is 13.4. The first-order valence-electron chi connectivity index (χ1n) is 6.92. The summed E-state index contributed by atoms with van der Waals surface area (Å²) in [6, 6.07) is 0. The van der Waals surface area contributed by atoms with E-state index in [1.165, 1.54) is 0 Å². The third kappa shape index (κ3) is 4.52. The molecule has 0 heterocycles. The van der Waals surface area contributed by atoms with Crippen LogP contribution in [0.5, 0.6) is 0 Å². The lowest BCUT2D eigenvalue weighted by Crippen LogP contribution is -2.46. The first-order valence-corrected chi connectivity index (χ1v) is 9.83. The maximum Gasteiger partial charge on any atom is 0.192 e. The average Bonchev–Trinajstić information content (AvgIpc) is 2.23. The highest BCUT2D eigenvalue weighted by atomic mass is 28.4. The largest absolute Gasteiger partial charge is 0.414 e. The monoisotopic (exact) mass is 272 g/mol. The van der Waals surface area contributed by atoms with Crippen molar-refractivity contribution in [2.45, 2.75) is 71.9 Å². The molecule has 4 atom stereocenters. The number of aliphatic hydroxyl groups excluding tert-OH is 1. The number of hydrogen-bond donors (Lipinski definition) is 1. The van der Waals surface area contributed by atoms with Crippen molar-refractivity contribution in [3.63, 3.8) is 0 Å². The topological polar surface area (TPSA) is 29.5 Å². The van der Waals surface area contributed by atoms with Crippen LogP contribution in [0.15, 0.2) is 12.7 Å². The molecule has 18 heavy (non-hydrogen) atoms. The van der Waals surface area contributed by atoms with Gasteiger partial charge < -0.3 is 9.53 Å². The van der Waals surface area contributed by atoms with E-state index in [0.717, 1.165) is 0 Å². The van der Waals surface area contributed by atoms with Gasteiger partial charge in [-0.2, -0.15) is 0 Å². The van der Waals surface area contributed by atoms with Crippen LogP contribution in [0, 0.1) is 11.8 Å². The first-order chi connectivity index (χ1) is 7.94. The van der Waals surface area contributed by atoms with Crippen LogP contribution in [-0.4, -0.2) is 25.6 Å². The van der Waals surface area contributed by atoms with E-state index >= 15 is 0 Å². The van der Waals surface area contributed by atoms with Crippen molar-refractivity contribution in [3.05, 3.63) is 12.7 Å². The highest BCUT2D eigenvalue weighted by molar-refractivity contribution is 6.74. The molecule has 0 radical (unpaired) electrons. The van der Waals surface area contributed by atoms with Crippen molar-refractivity contribution in [1.29, 1.82) is 0 Å². The van der Waals surface area contributed by atoms with Gasteiger partial charge >= 0.3 is 0 Å². The molecular weight excluding hydrogens is 240 g/mol. The van der Waals surface area contributed by atoms with Gasteiger partial charge in [-0.05, 0) is 25.1 Å². The fourth-order valence-corrected chi connectivity index (χ4v) is 3.14. The van der Waals surface area contributed by atoms with Gasteiger partial charge in [0.1, 0.15) is 0 Å². The highest BCUT2D eigenvalue weighted by Crippen LogP contribution is 2.38. The van der Waals surface area contributed by atoms with E-state index < -0.39 is 8.32 Å². The lowest BCUT2D eigenvalue weighted by Gasteiger charge is -2.41. The van der Waals surface area contributed by atoms with Crippen LogP contribution in [-0.2, 0) is 4.43 Å². The minimum absolute atomic E-state index is 0.0725. The normalized spacial score (nSPS) is 20.1. The van der Waals surface area contributed by atoms with Gasteiger partial charge in [0.05, 0.1) is 6.10 Å². The third-order valence-electron chi connectivity index (χ3n) is 4.48. The first kappa shape index (κ1) is 17.9. The highest BCUT2D eigenvalue weighted by Gasteiger charge is 2.40. The molecule has 0 saturated heterocycles. The average molecular weight is 273 g/mol. The Morgan fingerprint density at radius 2 is 1.61 bits per heavy atom. The molecule has 0 saturated carbocycles. The fourth-order valence-electron chi connectivity index (χ4n) is 1.64. The molecule has 0 amide bonds. The lowest BCUT2D eigenvalue weighted by atomic mass is 9.90. The van der Waals surface area contributed by atoms with E-state index in [1.807, 2.05) is 6.92 Å². The SMILES string of the molecule is C=C[C@H](C)[C@@H](O)[C@@H](C)[C@H](C)O[Si](C)(C)C(C)(C)C. The van der Waals surface area contributed by atoms with E-state index in [-0.39, 0.29) is 29.1 Å². The molecule has 0 aromatic carbocycles. The summed E-state index contributed by atoms with van der Waals surface area (Å²) < 4.78 is 6.32. The molecule has 0 aromatic rings. The van der Waals surface area contributed by atoms with Crippen molar-refractivity contribution < 1.29 is 9.53 Å². The molecule has 0 aliphatic heterocycles. The third-order valence-corrected chi connectivity index (χ3v) is 9.05. The fraction of sp³-hybridized carbons (Fsp3) is 0.867. The van der Waals surface area contributed by atoms with Crippen LogP contribution >= 0.6 is 0 Å². The smallest absolute Gasteiger partial charge is 0.192 e. The van der Waals surface area contributed by atoms with Crippen LogP contribution in [0.1, 0.15) is 41.5 Å². The Hall–Kier alpha value is -0.123. The van der Waals surface area contributed by atoms with Crippen molar-refractivity contribution >= 4 is 8.32 Å². The van der Waals surface area contributed by atoms with Gasteiger partial charge in [0, 0.05) is 17.9 Å². The molecule has 0 aliphatic carbocycles. The Morgan fingerprint density at radius 3 is 1.94 bits per heavy atom. The molecule has 0 bridgehead atoms. The summed E-state index contributed by atoms with van der Waals surface area (Å²) in [7, 11) is -1.76. The maximum absolute atomic E-state index is 10.2. The molecular formula is C15H32O2Si. The number of aliphatic hydroxyl groups is 1. The molecule has 1 N–H and O–H groups in total. The maximum atomic E-state index is 10.2. The lowest BCUT2D eigenvalue weighted by molar-refractivity contribution is 0.0176. The predicted octanol–water partition coefficient (Wildman–Crippen LogP) is 4.22. The second-order valence-corrected chi connectivity index (χ2v) is 11.8. The van der Waals surface area contributed by atoms with Gasteiger partial charge in [-0.25, -0.2) is 0 Å².